The van der Waals surface area contributed by atoms with E-state index in [1.165, 1.54) is 23.5 Å². The van der Waals surface area contributed by atoms with Crippen LogP contribution in [0.3, 0.4) is 0 Å². The first-order valence-electron chi connectivity index (χ1n) is 8.79. The Balaban J connectivity index is 1.75. The van der Waals surface area contributed by atoms with Crippen molar-refractivity contribution in [2.24, 2.45) is 7.05 Å². The normalized spacial score (nSPS) is 11.7. The zero-order valence-electron chi connectivity index (χ0n) is 15.5. The lowest BCUT2D eigenvalue weighted by atomic mass is 10.2. The number of pyridine rings is 1. The predicted molar refractivity (Wildman–Crippen MR) is 109 cm³/mol. The lowest BCUT2D eigenvalue weighted by Gasteiger charge is -2.10. The summed E-state index contributed by atoms with van der Waals surface area (Å²) in [5.41, 5.74) is 3.49. The van der Waals surface area contributed by atoms with Crippen LogP contribution < -0.4 is 5.32 Å². The van der Waals surface area contributed by atoms with Gasteiger partial charge >= 0.3 is 0 Å². The Morgan fingerprint density at radius 1 is 1.15 bits per heavy atom. The Labute approximate surface area is 160 Å². The number of anilines is 1. The highest BCUT2D eigenvalue weighted by Gasteiger charge is 2.17. The Morgan fingerprint density at radius 2 is 1.93 bits per heavy atom. The van der Waals surface area contributed by atoms with Crippen LogP contribution >= 0.6 is 11.3 Å². The fourth-order valence-corrected chi connectivity index (χ4v) is 3.97. The molecule has 27 heavy (non-hydrogen) atoms. The molecule has 3 heterocycles. The maximum Gasteiger partial charge on any atom is 0.156 e. The van der Waals surface area contributed by atoms with Crippen molar-refractivity contribution in [3.05, 3.63) is 36.4 Å². The van der Waals surface area contributed by atoms with E-state index in [1.807, 2.05) is 11.6 Å². The van der Waals surface area contributed by atoms with Crippen LogP contribution in [0.5, 0.6) is 0 Å². The number of hydrogen-bond donors (Lipinski definition) is 1. The third-order valence-corrected chi connectivity index (χ3v) is 5.37. The summed E-state index contributed by atoms with van der Waals surface area (Å²) in [6, 6.07) is 6.39. The van der Waals surface area contributed by atoms with E-state index in [0.29, 0.717) is 0 Å². The van der Waals surface area contributed by atoms with Crippen molar-refractivity contribution in [3.8, 4) is 10.6 Å². The summed E-state index contributed by atoms with van der Waals surface area (Å²) in [5.74, 6) is 0.530. The SMILES string of the molecule is CN(C)CCCNc1nc2sc(-c3ccc(F)cc3)nc2c2c1ncn2C. The molecule has 0 radical (unpaired) electrons. The van der Waals surface area contributed by atoms with Crippen LogP contribution in [0.2, 0.25) is 0 Å². The molecule has 0 fully saturated rings. The van der Waals surface area contributed by atoms with E-state index in [4.69, 9.17) is 9.97 Å². The molecular formula is C19H21FN6S. The highest BCUT2D eigenvalue weighted by molar-refractivity contribution is 7.21. The van der Waals surface area contributed by atoms with Gasteiger partial charge in [0.05, 0.1) is 6.33 Å². The smallest absolute Gasteiger partial charge is 0.156 e. The van der Waals surface area contributed by atoms with Gasteiger partial charge in [-0.3, -0.25) is 0 Å². The monoisotopic (exact) mass is 384 g/mol. The van der Waals surface area contributed by atoms with Crippen molar-refractivity contribution >= 4 is 38.5 Å². The molecule has 0 aliphatic heterocycles. The molecule has 6 nitrogen and oxygen atoms in total. The van der Waals surface area contributed by atoms with Crippen LogP contribution in [0.25, 0.3) is 32.0 Å². The number of nitrogens with one attached hydrogen (secondary N) is 1. The van der Waals surface area contributed by atoms with Crippen LogP contribution in [0.4, 0.5) is 10.2 Å². The van der Waals surface area contributed by atoms with Gasteiger partial charge in [-0.1, -0.05) is 11.3 Å². The average molecular weight is 384 g/mol. The van der Waals surface area contributed by atoms with Gasteiger partial charge in [0.1, 0.15) is 32.2 Å². The van der Waals surface area contributed by atoms with Gasteiger partial charge < -0.3 is 14.8 Å². The molecule has 8 heteroatoms. The standard InChI is InChI=1S/C19H21FN6S/c1-25(2)10-4-9-21-17-14-16(26(3)11-22-14)15-19(24-17)27-18(23-15)12-5-7-13(20)8-6-12/h5-8,11H,4,9-10H2,1-3H3,(H,21,24). The van der Waals surface area contributed by atoms with Gasteiger partial charge in [-0.2, -0.15) is 0 Å². The number of halogens is 1. The average Bonchev–Trinajstić information content (AvgIpc) is 3.22. The van der Waals surface area contributed by atoms with Crippen LogP contribution in [0.1, 0.15) is 6.42 Å². The van der Waals surface area contributed by atoms with Crippen molar-refractivity contribution in [1.29, 1.82) is 0 Å². The fourth-order valence-electron chi connectivity index (χ4n) is 3.02. The molecule has 0 saturated heterocycles. The highest BCUT2D eigenvalue weighted by atomic mass is 32.1. The van der Waals surface area contributed by atoms with E-state index >= 15 is 0 Å². The number of imidazole rings is 1. The third kappa shape index (κ3) is 3.50. The third-order valence-electron chi connectivity index (χ3n) is 4.37. The molecule has 1 aromatic carbocycles. The number of rotatable bonds is 6. The lowest BCUT2D eigenvalue weighted by molar-refractivity contribution is 0.405. The summed E-state index contributed by atoms with van der Waals surface area (Å²) < 4.78 is 15.2. The molecule has 0 aliphatic carbocycles. The van der Waals surface area contributed by atoms with Gasteiger partial charge in [0.2, 0.25) is 0 Å². The number of aryl methyl sites for hydroxylation is 1. The zero-order valence-corrected chi connectivity index (χ0v) is 16.3. The molecule has 0 saturated carbocycles. The van der Waals surface area contributed by atoms with Crippen LogP contribution in [0, 0.1) is 5.82 Å². The molecule has 0 unspecified atom stereocenters. The Hall–Kier alpha value is -2.58. The van der Waals surface area contributed by atoms with E-state index in [1.54, 1.807) is 18.5 Å². The summed E-state index contributed by atoms with van der Waals surface area (Å²) in [6.07, 6.45) is 2.80. The number of hydrogen-bond acceptors (Lipinski definition) is 6. The second-order valence-electron chi connectivity index (χ2n) is 6.78. The molecule has 0 aliphatic rings. The van der Waals surface area contributed by atoms with Crippen LogP contribution in [-0.2, 0) is 7.05 Å². The number of thiazole rings is 1. The zero-order chi connectivity index (χ0) is 19.0. The molecule has 0 atom stereocenters. The van der Waals surface area contributed by atoms with Crippen LogP contribution in [-0.4, -0.2) is 51.6 Å². The van der Waals surface area contributed by atoms with E-state index in [2.05, 4.69) is 29.3 Å². The van der Waals surface area contributed by atoms with E-state index in [0.717, 1.165) is 57.3 Å². The van der Waals surface area contributed by atoms with Crippen molar-refractivity contribution in [2.45, 2.75) is 6.42 Å². The molecule has 0 bridgehead atoms. The van der Waals surface area contributed by atoms with Crippen molar-refractivity contribution < 1.29 is 4.39 Å². The first-order chi connectivity index (χ1) is 13.0. The number of nitrogens with zero attached hydrogens (tertiary/aromatic N) is 5. The summed E-state index contributed by atoms with van der Waals surface area (Å²) >= 11 is 1.51. The van der Waals surface area contributed by atoms with E-state index in [-0.39, 0.29) is 5.82 Å². The van der Waals surface area contributed by atoms with Crippen LogP contribution in [0.15, 0.2) is 30.6 Å². The Kier molecular flexibility index (Phi) is 4.75. The van der Waals surface area contributed by atoms with Gasteiger partial charge in [0, 0.05) is 19.2 Å². The number of fused-ring (bicyclic) bond motifs is 3. The summed E-state index contributed by atoms with van der Waals surface area (Å²) in [5, 5.41) is 4.24. The predicted octanol–water partition coefficient (Wildman–Crippen LogP) is 3.75. The number of benzene rings is 1. The van der Waals surface area contributed by atoms with Gasteiger partial charge in [0.25, 0.3) is 0 Å². The summed E-state index contributed by atoms with van der Waals surface area (Å²) in [6.45, 7) is 1.84. The van der Waals surface area contributed by atoms with Gasteiger partial charge in [-0.25, -0.2) is 19.3 Å². The minimum atomic E-state index is -0.253. The van der Waals surface area contributed by atoms with Gasteiger partial charge in [-0.05, 0) is 51.3 Å². The quantitative estimate of drug-likeness (QED) is 0.513. The molecule has 4 aromatic rings. The molecule has 1 N–H and O–H groups in total. The van der Waals surface area contributed by atoms with Crippen molar-refractivity contribution in [3.63, 3.8) is 0 Å². The molecular weight excluding hydrogens is 363 g/mol. The Bertz CT molecular complexity index is 1080. The molecule has 3 aromatic heterocycles. The summed E-state index contributed by atoms with van der Waals surface area (Å²) in [4.78, 5) is 17.1. The molecule has 0 amide bonds. The van der Waals surface area contributed by atoms with Crippen molar-refractivity contribution in [2.75, 3.05) is 32.5 Å². The minimum absolute atomic E-state index is 0.253. The second-order valence-corrected chi connectivity index (χ2v) is 7.75. The molecule has 4 rings (SSSR count). The minimum Gasteiger partial charge on any atom is -0.368 e. The first kappa shape index (κ1) is 17.8. The summed E-state index contributed by atoms with van der Waals surface area (Å²) in [7, 11) is 6.09. The molecule has 0 spiro atoms. The van der Waals surface area contributed by atoms with E-state index < -0.39 is 0 Å². The Morgan fingerprint density at radius 3 is 2.67 bits per heavy atom. The van der Waals surface area contributed by atoms with Crippen molar-refractivity contribution in [1.82, 2.24) is 24.4 Å². The largest absolute Gasteiger partial charge is 0.368 e. The first-order valence-corrected chi connectivity index (χ1v) is 9.60. The molecule has 140 valence electrons. The highest BCUT2D eigenvalue weighted by Crippen LogP contribution is 2.35. The number of aromatic nitrogens is 4. The van der Waals surface area contributed by atoms with Gasteiger partial charge in [0.15, 0.2) is 5.82 Å². The maximum atomic E-state index is 13.2. The fraction of sp³-hybridized carbons (Fsp3) is 0.316. The maximum absolute atomic E-state index is 13.2. The second kappa shape index (κ2) is 7.21. The van der Waals surface area contributed by atoms with Gasteiger partial charge in [-0.15, -0.1) is 0 Å². The topological polar surface area (TPSA) is 58.9 Å². The lowest BCUT2D eigenvalue weighted by Crippen LogP contribution is -2.16. The van der Waals surface area contributed by atoms with E-state index in [9.17, 15) is 4.39 Å².